The number of rotatable bonds is 10. The van der Waals surface area contributed by atoms with E-state index in [0.29, 0.717) is 24.7 Å². The van der Waals surface area contributed by atoms with E-state index in [1.807, 2.05) is 62.9 Å². The topological polar surface area (TPSA) is 81.7 Å². The van der Waals surface area contributed by atoms with Crippen LogP contribution >= 0.6 is 0 Å². The number of likely N-dealkylation sites (N-methyl/N-ethyl adjacent to an activating group) is 1. The van der Waals surface area contributed by atoms with E-state index in [0.717, 1.165) is 44.6 Å². The van der Waals surface area contributed by atoms with Crippen molar-refractivity contribution in [2.75, 3.05) is 49.5 Å². The van der Waals surface area contributed by atoms with E-state index in [-0.39, 0.29) is 23.8 Å². The first-order valence-electron chi connectivity index (χ1n) is 12.5. The van der Waals surface area contributed by atoms with Crippen LogP contribution in [-0.4, -0.2) is 70.9 Å². The third kappa shape index (κ3) is 6.11. The summed E-state index contributed by atoms with van der Waals surface area (Å²) in [4.78, 5) is 41.0. The number of amides is 2. The van der Waals surface area contributed by atoms with Crippen molar-refractivity contribution in [3.05, 3.63) is 48.3 Å². The van der Waals surface area contributed by atoms with Crippen LogP contribution in [0, 0.1) is 5.92 Å². The van der Waals surface area contributed by atoms with Gasteiger partial charge in [-0.1, -0.05) is 44.2 Å². The Morgan fingerprint density at radius 1 is 0.941 bits per heavy atom. The molecule has 0 radical (unpaired) electrons. The smallest absolute Gasteiger partial charge is 0.244 e. The molecule has 1 aromatic heterocycles. The molecule has 0 spiro atoms. The van der Waals surface area contributed by atoms with Crippen LogP contribution in [0.15, 0.2) is 42.7 Å². The molecule has 0 aliphatic carbocycles. The Morgan fingerprint density at radius 3 is 2.06 bits per heavy atom. The van der Waals surface area contributed by atoms with Crippen molar-refractivity contribution in [2.45, 2.75) is 46.6 Å². The molecule has 8 nitrogen and oxygen atoms in total. The number of anilines is 2. The fourth-order valence-corrected chi connectivity index (χ4v) is 4.49. The molecular formula is C26H38N6O2. The predicted molar refractivity (Wildman–Crippen MR) is 136 cm³/mol. The van der Waals surface area contributed by atoms with Gasteiger partial charge in [-0.05, 0) is 32.3 Å². The monoisotopic (exact) mass is 466 g/mol. The fraction of sp³-hybridized carbons (Fsp3) is 0.538. The number of carbonyl (C=O) groups is 2. The Labute approximate surface area is 203 Å². The van der Waals surface area contributed by atoms with Gasteiger partial charge in [-0.15, -0.1) is 0 Å². The van der Waals surface area contributed by atoms with Crippen molar-refractivity contribution in [3.8, 4) is 0 Å². The van der Waals surface area contributed by atoms with E-state index < -0.39 is 0 Å². The highest BCUT2D eigenvalue weighted by molar-refractivity contribution is 5.92. The summed E-state index contributed by atoms with van der Waals surface area (Å²) in [6.45, 7) is 12.4. The number of aromatic nitrogens is 2. The third-order valence-electron chi connectivity index (χ3n) is 6.65. The number of nitrogens with one attached hydrogen (secondary N) is 1. The van der Waals surface area contributed by atoms with Gasteiger partial charge in [0.1, 0.15) is 6.04 Å². The Bertz CT molecular complexity index is 905. The maximum Gasteiger partial charge on any atom is 0.244 e. The number of nitrogens with zero attached hydrogens (tertiary/aromatic N) is 5. The molecule has 2 heterocycles. The summed E-state index contributed by atoms with van der Waals surface area (Å²) >= 11 is 0. The van der Waals surface area contributed by atoms with Gasteiger partial charge in [0.2, 0.25) is 17.8 Å². The van der Waals surface area contributed by atoms with Crippen molar-refractivity contribution in [1.82, 2.24) is 19.8 Å². The van der Waals surface area contributed by atoms with E-state index in [9.17, 15) is 9.59 Å². The van der Waals surface area contributed by atoms with E-state index in [1.54, 1.807) is 12.4 Å². The molecule has 1 unspecified atom stereocenters. The van der Waals surface area contributed by atoms with E-state index in [2.05, 4.69) is 25.1 Å². The molecular weight excluding hydrogens is 428 g/mol. The number of benzene rings is 1. The molecule has 0 bridgehead atoms. The zero-order valence-corrected chi connectivity index (χ0v) is 20.9. The lowest BCUT2D eigenvalue weighted by Crippen LogP contribution is -2.52. The first kappa shape index (κ1) is 25.6. The highest BCUT2D eigenvalue weighted by Gasteiger charge is 2.33. The molecule has 34 heavy (non-hydrogen) atoms. The normalized spacial score (nSPS) is 15.3. The maximum absolute atomic E-state index is 13.4. The standard InChI is InChI=1S/C26H38N6O2/c1-5-20(6-2)24(33)29-22-18-27-26(28-19-22)32-16-14-31(15-17-32)23(21-12-10-9-11-13-21)25(34)30(7-3)8-4/h9-13,18-20,23H,5-8,14-17H2,1-4H3,(H,29,33). The minimum absolute atomic E-state index is 0.00404. The SMILES string of the molecule is CCC(CC)C(=O)Nc1cnc(N2CCN(C(C(=O)N(CC)CC)c3ccccc3)CC2)nc1. The van der Waals surface area contributed by atoms with Crippen LogP contribution in [0.1, 0.15) is 52.1 Å². The van der Waals surface area contributed by atoms with Gasteiger partial charge in [0.15, 0.2) is 0 Å². The zero-order chi connectivity index (χ0) is 24.5. The molecule has 2 amide bonds. The van der Waals surface area contributed by atoms with Crippen LogP contribution < -0.4 is 10.2 Å². The summed E-state index contributed by atoms with van der Waals surface area (Å²) in [7, 11) is 0. The largest absolute Gasteiger partial charge is 0.342 e. The van der Waals surface area contributed by atoms with E-state index in [4.69, 9.17) is 0 Å². The zero-order valence-electron chi connectivity index (χ0n) is 20.9. The lowest BCUT2D eigenvalue weighted by Gasteiger charge is -2.40. The van der Waals surface area contributed by atoms with Gasteiger partial charge in [0.05, 0.1) is 18.1 Å². The third-order valence-corrected chi connectivity index (χ3v) is 6.65. The number of carbonyl (C=O) groups excluding carboxylic acids is 2. The molecule has 0 saturated carbocycles. The van der Waals surface area contributed by atoms with Crippen LogP contribution in [-0.2, 0) is 9.59 Å². The van der Waals surface area contributed by atoms with E-state index >= 15 is 0 Å². The van der Waals surface area contributed by atoms with Crippen LogP contribution in [0.25, 0.3) is 0 Å². The maximum atomic E-state index is 13.4. The minimum atomic E-state index is -0.285. The number of piperazine rings is 1. The van der Waals surface area contributed by atoms with Crippen LogP contribution in [0.4, 0.5) is 11.6 Å². The molecule has 184 valence electrons. The summed E-state index contributed by atoms with van der Waals surface area (Å²) < 4.78 is 0. The second-order valence-corrected chi connectivity index (χ2v) is 8.62. The molecule has 1 saturated heterocycles. The van der Waals surface area contributed by atoms with Crippen molar-refractivity contribution in [1.29, 1.82) is 0 Å². The van der Waals surface area contributed by atoms with Crippen molar-refractivity contribution in [3.63, 3.8) is 0 Å². The Morgan fingerprint density at radius 2 is 1.53 bits per heavy atom. The van der Waals surface area contributed by atoms with Crippen LogP contribution in [0.5, 0.6) is 0 Å². The molecule has 1 aliphatic rings. The lowest BCUT2D eigenvalue weighted by atomic mass is 10.0. The number of hydrogen-bond acceptors (Lipinski definition) is 6. The van der Waals surface area contributed by atoms with Crippen molar-refractivity contribution < 1.29 is 9.59 Å². The molecule has 1 fully saturated rings. The summed E-state index contributed by atoms with van der Waals surface area (Å²) in [5.74, 6) is 0.814. The van der Waals surface area contributed by atoms with Crippen molar-refractivity contribution >= 4 is 23.5 Å². The molecule has 1 aromatic carbocycles. The quantitative estimate of drug-likeness (QED) is 0.576. The molecule has 2 aromatic rings. The van der Waals surface area contributed by atoms with Gasteiger partial charge >= 0.3 is 0 Å². The first-order chi connectivity index (χ1) is 16.5. The van der Waals surface area contributed by atoms with Crippen molar-refractivity contribution in [2.24, 2.45) is 5.92 Å². The van der Waals surface area contributed by atoms with Crippen LogP contribution in [0.3, 0.4) is 0 Å². The lowest BCUT2D eigenvalue weighted by molar-refractivity contribution is -0.137. The van der Waals surface area contributed by atoms with Crippen LogP contribution in [0.2, 0.25) is 0 Å². The molecule has 8 heteroatoms. The molecule has 1 N–H and O–H groups in total. The van der Waals surface area contributed by atoms with Gasteiger partial charge < -0.3 is 15.1 Å². The van der Waals surface area contributed by atoms with Gasteiger partial charge in [0, 0.05) is 45.2 Å². The number of hydrogen-bond donors (Lipinski definition) is 1. The molecule has 1 atom stereocenters. The molecule has 3 rings (SSSR count). The fourth-order valence-electron chi connectivity index (χ4n) is 4.49. The first-order valence-corrected chi connectivity index (χ1v) is 12.5. The van der Waals surface area contributed by atoms with Gasteiger partial charge in [-0.25, -0.2) is 9.97 Å². The minimum Gasteiger partial charge on any atom is -0.342 e. The average Bonchev–Trinajstić information content (AvgIpc) is 2.87. The Kier molecular flexibility index (Phi) is 9.39. The van der Waals surface area contributed by atoms with Gasteiger partial charge in [0.25, 0.3) is 0 Å². The summed E-state index contributed by atoms with van der Waals surface area (Å²) in [5.41, 5.74) is 1.65. The highest BCUT2D eigenvalue weighted by Crippen LogP contribution is 2.26. The second-order valence-electron chi connectivity index (χ2n) is 8.62. The average molecular weight is 467 g/mol. The predicted octanol–water partition coefficient (Wildman–Crippen LogP) is 3.58. The highest BCUT2D eigenvalue weighted by atomic mass is 16.2. The molecule has 1 aliphatic heterocycles. The van der Waals surface area contributed by atoms with E-state index in [1.165, 1.54) is 0 Å². The van der Waals surface area contributed by atoms with Gasteiger partial charge in [-0.3, -0.25) is 14.5 Å². The van der Waals surface area contributed by atoms with Gasteiger partial charge in [-0.2, -0.15) is 0 Å². The summed E-state index contributed by atoms with van der Waals surface area (Å²) in [6, 6.07) is 9.75. The summed E-state index contributed by atoms with van der Waals surface area (Å²) in [6.07, 6.45) is 4.97. The second kappa shape index (κ2) is 12.5. The summed E-state index contributed by atoms with van der Waals surface area (Å²) in [5, 5.41) is 2.92. The Balaban J connectivity index is 1.66. The Hall–Kier alpha value is -3.00.